The summed E-state index contributed by atoms with van der Waals surface area (Å²) in [6, 6.07) is 15.6. The number of benzene rings is 2. The molecule has 150 valence electrons. The third-order valence-corrected chi connectivity index (χ3v) is 5.28. The predicted octanol–water partition coefficient (Wildman–Crippen LogP) is 2.64. The molecule has 0 spiro atoms. The fraction of sp³-hybridized carbons (Fsp3) is 0.0476. The van der Waals surface area contributed by atoms with Crippen LogP contribution in [-0.4, -0.2) is 26.3 Å². The van der Waals surface area contributed by atoms with Gasteiger partial charge in [0.1, 0.15) is 5.56 Å². The highest BCUT2D eigenvalue weighted by molar-refractivity contribution is 14.1. The number of H-pyrrole nitrogens is 1. The lowest BCUT2D eigenvalue weighted by Crippen LogP contribution is -2.30. The number of hydrazone groups is 1. The largest absolute Gasteiger partial charge is 0.494 e. The Morgan fingerprint density at radius 2 is 1.67 bits per heavy atom. The molecule has 8 nitrogen and oxygen atoms in total. The first-order chi connectivity index (χ1) is 14.4. The van der Waals surface area contributed by atoms with Crippen LogP contribution in [0.25, 0.3) is 11.8 Å². The number of carbonyl (C=O) groups excluding carboxylic acids is 1. The zero-order chi connectivity index (χ0) is 21.4. The van der Waals surface area contributed by atoms with E-state index in [1.54, 1.807) is 49.4 Å². The van der Waals surface area contributed by atoms with E-state index >= 15 is 0 Å². The molecule has 0 aliphatic carbocycles. The lowest BCUT2D eigenvalue weighted by molar-refractivity contribution is -0.114. The highest BCUT2D eigenvalue weighted by Gasteiger charge is 2.29. The molecule has 0 bridgehead atoms. The number of amides is 1. The van der Waals surface area contributed by atoms with E-state index in [2.05, 4.69) is 32.7 Å². The van der Waals surface area contributed by atoms with Crippen LogP contribution in [0.1, 0.15) is 12.5 Å². The van der Waals surface area contributed by atoms with Crippen molar-refractivity contribution in [3.8, 4) is 11.6 Å². The summed E-state index contributed by atoms with van der Waals surface area (Å²) in [4.78, 5) is 39.8. The molecule has 4 rings (SSSR count). The number of aromatic hydroxyl groups is 1. The molecule has 0 fully saturated rings. The SMILES string of the molecule is CC1=NN(c2ccc(I)cc2)C(=O)/C1=C\c1c(O)n(-c2ccccc2)c(=O)[nH]c1=O. The van der Waals surface area contributed by atoms with Crippen LogP contribution < -0.4 is 16.3 Å². The monoisotopic (exact) mass is 514 g/mol. The van der Waals surface area contributed by atoms with Gasteiger partial charge in [-0.05, 0) is 72.0 Å². The number of aromatic nitrogens is 2. The minimum absolute atomic E-state index is 0.146. The minimum Gasteiger partial charge on any atom is -0.494 e. The third kappa shape index (κ3) is 3.47. The number of para-hydroxylation sites is 1. The number of rotatable bonds is 3. The molecule has 0 atom stereocenters. The van der Waals surface area contributed by atoms with Crippen LogP contribution in [0.3, 0.4) is 0 Å². The average molecular weight is 514 g/mol. The van der Waals surface area contributed by atoms with E-state index in [0.29, 0.717) is 17.1 Å². The van der Waals surface area contributed by atoms with Crippen molar-refractivity contribution in [1.82, 2.24) is 9.55 Å². The van der Waals surface area contributed by atoms with Gasteiger partial charge in [0, 0.05) is 3.57 Å². The Bertz CT molecular complexity index is 1320. The summed E-state index contributed by atoms with van der Waals surface area (Å²) in [6.45, 7) is 1.63. The topological polar surface area (TPSA) is 108 Å². The summed E-state index contributed by atoms with van der Waals surface area (Å²) in [5.41, 5.74) is -0.307. The van der Waals surface area contributed by atoms with Gasteiger partial charge >= 0.3 is 5.69 Å². The van der Waals surface area contributed by atoms with Crippen molar-refractivity contribution in [2.75, 3.05) is 5.01 Å². The standard InChI is InChI=1S/C21H15IN4O4/c1-12-16(20(29)26(24-12)15-9-7-13(22)8-10-15)11-17-18(27)23-21(30)25(19(17)28)14-5-3-2-4-6-14/h2-11,28H,1H3,(H,23,27,30)/b16-11-. The Morgan fingerprint density at radius 1 is 1.00 bits per heavy atom. The van der Waals surface area contributed by atoms with Gasteiger partial charge in [0.25, 0.3) is 11.5 Å². The zero-order valence-electron chi connectivity index (χ0n) is 15.7. The number of nitrogens with one attached hydrogen (secondary N) is 1. The van der Waals surface area contributed by atoms with Crippen LogP contribution in [0, 0.1) is 3.57 Å². The van der Waals surface area contributed by atoms with Crippen LogP contribution in [0.5, 0.6) is 5.88 Å². The summed E-state index contributed by atoms with van der Waals surface area (Å²) in [7, 11) is 0. The van der Waals surface area contributed by atoms with E-state index in [9.17, 15) is 19.5 Å². The second-order valence-corrected chi connectivity index (χ2v) is 7.75. The fourth-order valence-corrected chi connectivity index (χ4v) is 3.43. The van der Waals surface area contributed by atoms with Crippen LogP contribution >= 0.6 is 22.6 Å². The quantitative estimate of drug-likeness (QED) is 0.414. The number of carbonyl (C=O) groups is 1. The molecule has 0 radical (unpaired) electrons. The van der Waals surface area contributed by atoms with E-state index in [4.69, 9.17) is 0 Å². The highest BCUT2D eigenvalue weighted by atomic mass is 127. The van der Waals surface area contributed by atoms with Gasteiger partial charge in [-0.3, -0.25) is 14.6 Å². The molecule has 3 aromatic rings. The van der Waals surface area contributed by atoms with Gasteiger partial charge in [-0.15, -0.1) is 0 Å². The van der Waals surface area contributed by atoms with Gasteiger partial charge in [0.2, 0.25) is 5.88 Å². The van der Waals surface area contributed by atoms with Crippen molar-refractivity contribution < 1.29 is 9.90 Å². The number of aromatic amines is 1. The fourth-order valence-electron chi connectivity index (χ4n) is 3.07. The number of hydrogen-bond donors (Lipinski definition) is 2. The molecule has 9 heteroatoms. The normalized spacial score (nSPS) is 15.0. The first-order valence-corrected chi connectivity index (χ1v) is 9.95. The smallest absolute Gasteiger partial charge is 0.335 e. The van der Waals surface area contributed by atoms with Gasteiger partial charge < -0.3 is 5.11 Å². The summed E-state index contributed by atoms with van der Waals surface area (Å²) in [6.07, 6.45) is 1.25. The Kier molecular flexibility index (Phi) is 5.12. The lowest BCUT2D eigenvalue weighted by atomic mass is 10.1. The molecule has 1 aliphatic heterocycles. The van der Waals surface area contributed by atoms with E-state index in [1.807, 2.05) is 12.1 Å². The van der Waals surface area contributed by atoms with Gasteiger partial charge in [0.05, 0.1) is 22.7 Å². The maximum atomic E-state index is 12.9. The summed E-state index contributed by atoms with van der Waals surface area (Å²) in [5, 5.41) is 16.2. The molecule has 1 amide bonds. The molecule has 0 saturated heterocycles. The second kappa shape index (κ2) is 7.75. The van der Waals surface area contributed by atoms with Gasteiger partial charge in [-0.1, -0.05) is 18.2 Å². The molecule has 0 unspecified atom stereocenters. The van der Waals surface area contributed by atoms with E-state index in [1.165, 1.54) is 11.1 Å². The Labute approximate surface area is 183 Å². The Hall–Kier alpha value is -3.47. The number of halogens is 1. The van der Waals surface area contributed by atoms with Crippen LogP contribution in [-0.2, 0) is 4.79 Å². The average Bonchev–Trinajstić information content (AvgIpc) is 3.00. The van der Waals surface area contributed by atoms with Gasteiger partial charge in [0.15, 0.2) is 0 Å². The van der Waals surface area contributed by atoms with Crippen molar-refractivity contribution in [3.63, 3.8) is 0 Å². The number of nitrogens with zero attached hydrogens (tertiary/aromatic N) is 3. The Morgan fingerprint density at radius 3 is 2.33 bits per heavy atom. The predicted molar refractivity (Wildman–Crippen MR) is 122 cm³/mol. The second-order valence-electron chi connectivity index (χ2n) is 6.50. The summed E-state index contributed by atoms with van der Waals surface area (Å²) in [5.74, 6) is -0.999. The van der Waals surface area contributed by atoms with Gasteiger partial charge in [-0.25, -0.2) is 9.36 Å². The molecular weight excluding hydrogens is 499 g/mol. The first-order valence-electron chi connectivity index (χ1n) is 8.88. The highest BCUT2D eigenvalue weighted by Crippen LogP contribution is 2.26. The molecule has 30 heavy (non-hydrogen) atoms. The van der Waals surface area contributed by atoms with E-state index in [0.717, 1.165) is 8.14 Å². The van der Waals surface area contributed by atoms with Crippen molar-refractivity contribution >= 4 is 46.0 Å². The van der Waals surface area contributed by atoms with Crippen LogP contribution in [0.2, 0.25) is 0 Å². The molecular formula is C21H15IN4O4. The Balaban J connectivity index is 1.81. The van der Waals surface area contributed by atoms with Crippen LogP contribution in [0.4, 0.5) is 5.69 Å². The van der Waals surface area contributed by atoms with Crippen molar-refractivity contribution in [1.29, 1.82) is 0 Å². The molecule has 2 heterocycles. The van der Waals surface area contributed by atoms with Crippen molar-refractivity contribution in [3.05, 3.63) is 90.1 Å². The number of anilines is 1. The van der Waals surface area contributed by atoms with Crippen molar-refractivity contribution in [2.24, 2.45) is 5.10 Å². The van der Waals surface area contributed by atoms with E-state index < -0.39 is 23.0 Å². The molecule has 0 saturated carbocycles. The van der Waals surface area contributed by atoms with E-state index in [-0.39, 0.29) is 11.1 Å². The minimum atomic E-state index is -0.800. The maximum Gasteiger partial charge on any atom is 0.335 e. The molecule has 1 aromatic heterocycles. The summed E-state index contributed by atoms with van der Waals surface area (Å²) < 4.78 is 1.98. The van der Waals surface area contributed by atoms with Crippen molar-refractivity contribution in [2.45, 2.75) is 6.92 Å². The lowest BCUT2D eigenvalue weighted by Gasteiger charge is -2.12. The third-order valence-electron chi connectivity index (χ3n) is 4.56. The number of hydrogen-bond acceptors (Lipinski definition) is 5. The maximum absolute atomic E-state index is 12.9. The summed E-state index contributed by atoms with van der Waals surface area (Å²) >= 11 is 2.16. The molecule has 2 N–H and O–H groups in total. The zero-order valence-corrected chi connectivity index (χ0v) is 17.8. The van der Waals surface area contributed by atoms with Gasteiger partial charge in [-0.2, -0.15) is 10.1 Å². The van der Waals surface area contributed by atoms with Crippen LogP contribution in [0.15, 0.2) is 74.9 Å². The molecule has 2 aromatic carbocycles. The first kappa shape index (κ1) is 19.8. The molecule has 1 aliphatic rings.